The topological polar surface area (TPSA) is 68.9 Å². The Bertz CT molecular complexity index is 1310. The summed E-state index contributed by atoms with van der Waals surface area (Å²) in [5.74, 6) is -0.261. The SMILES string of the molecule is CCc1ccc(-n2nc(C)c3c(C)cc(=O)n(CC(=O)Nc4ccc(C)cc4)c32)cc1. The zero-order valence-corrected chi connectivity index (χ0v) is 18.3. The van der Waals surface area contributed by atoms with Gasteiger partial charge in [-0.1, -0.05) is 36.8 Å². The Morgan fingerprint density at radius 1 is 1.00 bits per heavy atom. The third kappa shape index (κ3) is 4.01. The fraction of sp³-hybridized carbons (Fsp3) is 0.240. The van der Waals surface area contributed by atoms with E-state index in [-0.39, 0.29) is 18.0 Å². The Balaban J connectivity index is 1.79. The largest absolute Gasteiger partial charge is 0.325 e. The molecular weight excluding hydrogens is 388 g/mol. The number of rotatable bonds is 5. The van der Waals surface area contributed by atoms with Gasteiger partial charge in [0.05, 0.1) is 11.4 Å². The smallest absolute Gasteiger partial charge is 0.252 e. The summed E-state index contributed by atoms with van der Waals surface area (Å²) in [6, 6.07) is 17.2. The molecule has 2 heterocycles. The molecule has 0 aliphatic rings. The quantitative estimate of drug-likeness (QED) is 0.529. The highest BCUT2D eigenvalue weighted by Gasteiger charge is 2.18. The number of benzene rings is 2. The van der Waals surface area contributed by atoms with Gasteiger partial charge >= 0.3 is 0 Å². The molecule has 6 heteroatoms. The van der Waals surface area contributed by atoms with Crippen molar-refractivity contribution >= 4 is 22.6 Å². The van der Waals surface area contributed by atoms with Gasteiger partial charge in [-0.25, -0.2) is 4.68 Å². The van der Waals surface area contributed by atoms with Crippen molar-refractivity contribution < 1.29 is 4.79 Å². The van der Waals surface area contributed by atoms with Crippen LogP contribution in [0.2, 0.25) is 0 Å². The maximum absolute atomic E-state index is 12.9. The standard InChI is InChI=1S/C25H26N4O2/c1-5-19-8-12-21(13-9-19)29-25-24(18(4)27-29)17(3)14-23(31)28(25)15-22(30)26-20-10-6-16(2)7-11-20/h6-14H,5,15H2,1-4H3,(H,26,30). The molecule has 0 atom stereocenters. The zero-order valence-electron chi connectivity index (χ0n) is 18.3. The van der Waals surface area contributed by atoms with Gasteiger partial charge in [-0.2, -0.15) is 5.10 Å². The predicted molar refractivity (Wildman–Crippen MR) is 124 cm³/mol. The van der Waals surface area contributed by atoms with Gasteiger partial charge in [0.25, 0.3) is 5.56 Å². The van der Waals surface area contributed by atoms with E-state index in [1.54, 1.807) is 10.7 Å². The van der Waals surface area contributed by atoms with Crippen molar-refractivity contribution in [3.05, 3.63) is 87.3 Å². The number of anilines is 1. The number of pyridine rings is 1. The summed E-state index contributed by atoms with van der Waals surface area (Å²) >= 11 is 0. The van der Waals surface area contributed by atoms with E-state index >= 15 is 0 Å². The molecule has 2 aromatic carbocycles. The Morgan fingerprint density at radius 2 is 1.68 bits per heavy atom. The molecule has 2 aromatic heterocycles. The van der Waals surface area contributed by atoms with Crippen LogP contribution < -0.4 is 10.9 Å². The molecule has 0 radical (unpaired) electrons. The molecule has 0 aliphatic heterocycles. The van der Waals surface area contributed by atoms with Crippen LogP contribution in [0, 0.1) is 20.8 Å². The lowest BCUT2D eigenvalue weighted by atomic mass is 10.1. The van der Waals surface area contributed by atoms with Crippen LogP contribution >= 0.6 is 0 Å². The number of carbonyl (C=O) groups is 1. The summed E-state index contributed by atoms with van der Waals surface area (Å²) in [6.45, 7) is 7.83. The molecule has 4 aromatic rings. The lowest BCUT2D eigenvalue weighted by molar-refractivity contribution is -0.116. The Labute approximate surface area is 181 Å². The van der Waals surface area contributed by atoms with E-state index in [4.69, 9.17) is 5.10 Å². The van der Waals surface area contributed by atoms with Crippen LogP contribution in [0.15, 0.2) is 59.4 Å². The van der Waals surface area contributed by atoms with Crippen LogP contribution in [0.3, 0.4) is 0 Å². The summed E-state index contributed by atoms with van der Waals surface area (Å²) in [6.07, 6.45) is 0.947. The maximum Gasteiger partial charge on any atom is 0.252 e. The highest BCUT2D eigenvalue weighted by molar-refractivity contribution is 5.92. The van der Waals surface area contributed by atoms with Crippen LogP contribution in [0.4, 0.5) is 5.69 Å². The molecule has 158 valence electrons. The normalized spacial score (nSPS) is 11.1. The number of carbonyl (C=O) groups excluding carboxylic acids is 1. The molecule has 0 aliphatic carbocycles. The van der Waals surface area contributed by atoms with Crippen molar-refractivity contribution in [1.29, 1.82) is 0 Å². The van der Waals surface area contributed by atoms with Crippen LogP contribution in [0.25, 0.3) is 16.7 Å². The molecule has 0 fully saturated rings. The van der Waals surface area contributed by atoms with Crippen molar-refractivity contribution in [2.75, 3.05) is 5.32 Å². The van der Waals surface area contributed by atoms with Gasteiger partial charge in [0.1, 0.15) is 12.2 Å². The molecule has 0 bridgehead atoms. The third-order valence-corrected chi connectivity index (χ3v) is 5.52. The van der Waals surface area contributed by atoms with Crippen molar-refractivity contribution in [3.8, 4) is 5.69 Å². The van der Waals surface area contributed by atoms with E-state index in [2.05, 4.69) is 24.4 Å². The number of aryl methyl sites for hydroxylation is 4. The van der Waals surface area contributed by atoms with Crippen molar-refractivity contribution in [2.45, 2.75) is 40.7 Å². The summed E-state index contributed by atoms with van der Waals surface area (Å²) in [4.78, 5) is 25.7. The first-order chi connectivity index (χ1) is 14.9. The summed E-state index contributed by atoms with van der Waals surface area (Å²) < 4.78 is 3.26. The van der Waals surface area contributed by atoms with Crippen LogP contribution in [0.5, 0.6) is 0 Å². The highest BCUT2D eigenvalue weighted by Crippen LogP contribution is 2.24. The Kier molecular flexibility index (Phi) is 5.46. The predicted octanol–water partition coefficient (Wildman–Crippen LogP) is 4.31. The van der Waals surface area contributed by atoms with Gasteiger partial charge in [0.2, 0.25) is 5.91 Å². The summed E-state index contributed by atoms with van der Waals surface area (Å²) in [5.41, 5.74) is 5.97. The van der Waals surface area contributed by atoms with Gasteiger partial charge in [-0.3, -0.25) is 14.2 Å². The molecule has 0 unspecified atom stereocenters. The van der Waals surface area contributed by atoms with Crippen LogP contribution in [-0.4, -0.2) is 20.3 Å². The number of hydrogen-bond acceptors (Lipinski definition) is 3. The minimum atomic E-state index is -0.261. The first-order valence-electron chi connectivity index (χ1n) is 10.4. The van der Waals surface area contributed by atoms with E-state index in [1.807, 2.05) is 57.2 Å². The number of nitrogens with zero attached hydrogens (tertiary/aromatic N) is 3. The first-order valence-corrected chi connectivity index (χ1v) is 10.4. The van der Waals surface area contributed by atoms with E-state index < -0.39 is 0 Å². The number of nitrogens with one attached hydrogen (secondary N) is 1. The minimum Gasteiger partial charge on any atom is -0.325 e. The molecule has 0 spiro atoms. The average Bonchev–Trinajstić information content (AvgIpc) is 3.10. The van der Waals surface area contributed by atoms with Crippen molar-refractivity contribution in [2.24, 2.45) is 0 Å². The third-order valence-electron chi connectivity index (χ3n) is 5.52. The second kappa shape index (κ2) is 8.22. The molecule has 1 N–H and O–H groups in total. The lowest BCUT2D eigenvalue weighted by Gasteiger charge is -2.13. The van der Waals surface area contributed by atoms with Gasteiger partial charge < -0.3 is 5.32 Å². The lowest BCUT2D eigenvalue weighted by Crippen LogP contribution is -2.29. The summed E-state index contributed by atoms with van der Waals surface area (Å²) in [7, 11) is 0. The molecular formula is C25H26N4O2. The monoisotopic (exact) mass is 414 g/mol. The second-order valence-corrected chi connectivity index (χ2v) is 7.88. The van der Waals surface area contributed by atoms with Gasteiger partial charge in [-0.05, 0) is 62.6 Å². The van der Waals surface area contributed by atoms with Crippen LogP contribution in [-0.2, 0) is 17.8 Å². The second-order valence-electron chi connectivity index (χ2n) is 7.88. The molecule has 4 rings (SSSR count). The van der Waals surface area contributed by atoms with Gasteiger partial charge in [-0.15, -0.1) is 0 Å². The van der Waals surface area contributed by atoms with E-state index in [1.165, 1.54) is 10.1 Å². The first kappa shape index (κ1) is 20.6. The molecule has 0 saturated heterocycles. The molecule has 6 nitrogen and oxygen atoms in total. The Hall–Kier alpha value is -3.67. The molecule has 31 heavy (non-hydrogen) atoms. The number of fused-ring (bicyclic) bond motifs is 1. The van der Waals surface area contributed by atoms with Crippen molar-refractivity contribution in [3.63, 3.8) is 0 Å². The molecule has 0 saturated carbocycles. The van der Waals surface area contributed by atoms with E-state index in [9.17, 15) is 9.59 Å². The number of amides is 1. The van der Waals surface area contributed by atoms with E-state index in [0.29, 0.717) is 11.3 Å². The zero-order chi connectivity index (χ0) is 22.1. The number of aromatic nitrogens is 3. The van der Waals surface area contributed by atoms with Gasteiger partial charge in [0, 0.05) is 17.1 Å². The Morgan fingerprint density at radius 3 is 2.32 bits per heavy atom. The van der Waals surface area contributed by atoms with Gasteiger partial charge in [0.15, 0.2) is 0 Å². The summed E-state index contributed by atoms with van der Waals surface area (Å²) in [5, 5.41) is 8.47. The fourth-order valence-corrected chi connectivity index (χ4v) is 3.85. The maximum atomic E-state index is 12.9. The number of hydrogen-bond donors (Lipinski definition) is 1. The minimum absolute atomic E-state index is 0.0956. The average molecular weight is 415 g/mol. The van der Waals surface area contributed by atoms with Crippen molar-refractivity contribution in [1.82, 2.24) is 14.3 Å². The highest BCUT2D eigenvalue weighted by atomic mass is 16.2. The fourth-order valence-electron chi connectivity index (χ4n) is 3.85. The van der Waals surface area contributed by atoms with E-state index in [0.717, 1.165) is 34.3 Å². The van der Waals surface area contributed by atoms with Crippen LogP contribution in [0.1, 0.15) is 29.3 Å². The molecule has 1 amide bonds.